The number of nitrogen functional groups attached to an aromatic ring is 1. The van der Waals surface area contributed by atoms with Crippen LogP contribution in [0.5, 0.6) is 0 Å². The Kier molecular flexibility index (Phi) is 6.20. The lowest BCUT2D eigenvalue weighted by Gasteiger charge is -2.14. The number of ketones is 1. The van der Waals surface area contributed by atoms with E-state index >= 15 is 0 Å². The molecule has 0 bridgehead atoms. The summed E-state index contributed by atoms with van der Waals surface area (Å²) in [6, 6.07) is 5.10. The number of anilines is 1. The minimum absolute atomic E-state index is 0.128. The van der Waals surface area contributed by atoms with E-state index in [0.29, 0.717) is 28.6 Å². The molecule has 1 unspecified atom stereocenters. The number of carbonyl (C=O) groups is 1. The van der Waals surface area contributed by atoms with E-state index in [9.17, 15) is 4.79 Å². The van der Waals surface area contributed by atoms with Gasteiger partial charge in [0.1, 0.15) is 0 Å². The van der Waals surface area contributed by atoms with Gasteiger partial charge in [-0.1, -0.05) is 51.1 Å². The maximum Gasteiger partial charge on any atom is 0.164 e. The van der Waals surface area contributed by atoms with E-state index < -0.39 is 0 Å². The first kappa shape index (κ1) is 15.0. The first-order chi connectivity index (χ1) is 8.58. The van der Waals surface area contributed by atoms with Crippen molar-refractivity contribution in [1.82, 2.24) is 0 Å². The second-order valence-corrected chi connectivity index (χ2v) is 5.19. The van der Waals surface area contributed by atoms with Crippen molar-refractivity contribution in [3.63, 3.8) is 0 Å². The number of carbonyl (C=O) groups excluding carboxylic acids is 1. The highest BCUT2D eigenvalue weighted by Crippen LogP contribution is 2.24. The number of hydrogen-bond donors (Lipinski definition) is 1. The van der Waals surface area contributed by atoms with E-state index in [0.717, 1.165) is 12.8 Å². The molecule has 0 radical (unpaired) electrons. The molecule has 0 aliphatic rings. The van der Waals surface area contributed by atoms with E-state index in [-0.39, 0.29) is 5.78 Å². The SMILES string of the molecule is CCCCC(CC)CC(=O)c1ccc(N)cc1Cl. The molecule has 1 rings (SSSR count). The Labute approximate surface area is 115 Å². The molecule has 18 heavy (non-hydrogen) atoms. The largest absolute Gasteiger partial charge is 0.399 e. The van der Waals surface area contributed by atoms with E-state index in [1.54, 1.807) is 18.2 Å². The van der Waals surface area contributed by atoms with Gasteiger partial charge in [0.05, 0.1) is 5.02 Å². The van der Waals surface area contributed by atoms with Crippen molar-refractivity contribution >= 4 is 23.1 Å². The summed E-state index contributed by atoms with van der Waals surface area (Å²) in [6.07, 6.45) is 5.10. The van der Waals surface area contributed by atoms with Crippen molar-refractivity contribution in [1.29, 1.82) is 0 Å². The van der Waals surface area contributed by atoms with Crippen LogP contribution in [0.1, 0.15) is 56.3 Å². The van der Waals surface area contributed by atoms with Gasteiger partial charge in [-0.3, -0.25) is 4.79 Å². The highest BCUT2D eigenvalue weighted by atomic mass is 35.5. The standard InChI is InChI=1S/C15H22ClNO/c1-3-5-6-11(4-2)9-15(18)13-8-7-12(17)10-14(13)16/h7-8,10-11H,3-6,9,17H2,1-2H3. The molecule has 100 valence electrons. The molecule has 0 saturated heterocycles. The molecule has 1 atom stereocenters. The minimum Gasteiger partial charge on any atom is -0.399 e. The van der Waals surface area contributed by atoms with Crippen LogP contribution in [0.25, 0.3) is 0 Å². The molecule has 0 aliphatic carbocycles. The molecule has 0 aliphatic heterocycles. The van der Waals surface area contributed by atoms with E-state index in [1.807, 2.05) is 0 Å². The maximum atomic E-state index is 12.2. The number of nitrogens with two attached hydrogens (primary N) is 1. The minimum atomic E-state index is 0.128. The van der Waals surface area contributed by atoms with Crippen molar-refractivity contribution in [2.75, 3.05) is 5.73 Å². The van der Waals surface area contributed by atoms with Gasteiger partial charge in [-0.2, -0.15) is 0 Å². The predicted molar refractivity (Wildman–Crippen MR) is 78.1 cm³/mol. The number of Topliss-reactive ketones (excluding diaryl/α,β-unsaturated/α-hetero) is 1. The fraction of sp³-hybridized carbons (Fsp3) is 0.533. The lowest BCUT2D eigenvalue weighted by molar-refractivity contribution is 0.0957. The lowest BCUT2D eigenvalue weighted by Crippen LogP contribution is -2.09. The summed E-state index contributed by atoms with van der Waals surface area (Å²) in [4.78, 5) is 12.2. The van der Waals surface area contributed by atoms with Gasteiger partial charge in [-0.25, -0.2) is 0 Å². The highest BCUT2D eigenvalue weighted by molar-refractivity contribution is 6.34. The van der Waals surface area contributed by atoms with Crippen molar-refractivity contribution < 1.29 is 4.79 Å². The Balaban J connectivity index is 2.68. The molecular formula is C15H22ClNO. The van der Waals surface area contributed by atoms with Gasteiger partial charge in [-0.15, -0.1) is 0 Å². The molecule has 3 heteroatoms. The molecule has 0 amide bonds. The third kappa shape index (κ3) is 4.34. The smallest absolute Gasteiger partial charge is 0.164 e. The van der Waals surface area contributed by atoms with Crippen LogP contribution in [0.15, 0.2) is 18.2 Å². The van der Waals surface area contributed by atoms with Gasteiger partial charge >= 0.3 is 0 Å². The zero-order valence-electron chi connectivity index (χ0n) is 11.2. The molecule has 0 heterocycles. The summed E-state index contributed by atoms with van der Waals surface area (Å²) in [7, 11) is 0. The van der Waals surface area contributed by atoms with Crippen molar-refractivity contribution in [3.8, 4) is 0 Å². The Morgan fingerprint density at radius 1 is 1.39 bits per heavy atom. The van der Waals surface area contributed by atoms with Crippen LogP contribution < -0.4 is 5.73 Å². The molecule has 1 aromatic carbocycles. The van der Waals surface area contributed by atoms with Gasteiger partial charge in [0.15, 0.2) is 5.78 Å². The van der Waals surface area contributed by atoms with E-state index in [4.69, 9.17) is 17.3 Å². The topological polar surface area (TPSA) is 43.1 Å². The molecule has 0 aromatic heterocycles. The zero-order valence-corrected chi connectivity index (χ0v) is 12.0. The third-order valence-electron chi connectivity index (χ3n) is 3.31. The molecule has 0 saturated carbocycles. The van der Waals surface area contributed by atoms with Crippen LogP contribution in [0.2, 0.25) is 5.02 Å². The van der Waals surface area contributed by atoms with Crippen molar-refractivity contribution in [3.05, 3.63) is 28.8 Å². The molecule has 0 fully saturated rings. The Hall–Kier alpha value is -1.02. The average Bonchev–Trinajstić information content (AvgIpc) is 2.34. The van der Waals surface area contributed by atoms with Gasteiger partial charge < -0.3 is 5.73 Å². The van der Waals surface area contributed by atoms with Crippen molar-refractivity contribution in [2.24, 2.45) is 5.92 Å². The van der Waals surface area contributed by atoms with Crippen molar-refractivity contribution in [2.45, 2.75) is 46.0 Å². The predicted octanol–water partition coefficient (Wildman–Crippen LogP) is 4.71. The van der Waals surface area contributed by atoms with Crippen LogP contribution in [-0.2, 0) is 0 Å². The number of rotatable bonds is 7. The second-order valence-electron chi connectivity index (χ2n) is 4.78. The third-order valence-corrected chi connectivity index (χ3v) is 3.62. The summed E-state index contributed by atoms with van der Waals surface area (Å²) in [5, 5.41) is 0.463. The molecule has 1 aromatic rings. The summed E-state index contributed by atoms with van der Waals surface area (Å²) in [5.41, 5.74) is 6.82. The quantitative estimate of drug-likeness (QED) is 0.574. The first-order valence-corrected chi connectivity index (χ1v) is 7.04. The summed E-state index contributed by atoms with van der Waals surface area (Å²) >= 11 is 6.05. The van der Waals surface area contributed by atoms with Gasteiger partial charge in [0.25, 0.3) is 0 Å². The maximum absolute atomic E-state index is 12.2. The number of unbranched alkanes of at least 4 members (excludes halogenated alkanes) is 1. The second kappa shape index (κ2) is 7.42. The van der Waals surface area contributed by atoms with Crippen LogP contribution >= 0.6 is 11.6 Å². The fourth-order valence-electron chi connectivity index (χ4n) is 2.07. The Bertz CT molecular complexity index is 403. The lowest BCUT2D eigenvalue weighted by atomic mass is 9.91. The van der Waals surface area contributed by atoms with Gasteiger partial charge in [-0.05, 0) is 24.1 Å². The first-order valence-electron chi connectivity index (χ1n) is 6.66. The average molecular weight is 268 g/mol. The monoisotopic (exact) mass is 267 g/mol. The molecule has 2 N–H and O–H groups in total. The zero-order chi connectivity index (χ0) is 13.5. The normalized spacial score (nSPS) is 12.4. The molecular weight excluding hydrogens is 246 g/mol. The summed E-state index contributed by atoms with van der Waals surface area (Å²) in [5.74, 6) is 0.592. The van der Waals surface area contributed by atoms with Crippen LogP contribution in [0, 0.1) is 5.92 Å². The Morgan fingerprint density at radius 2 is 2.11 bits per heavy atom. The Morgan fingerprint density at radius 3 is 2.67 bits per heavy atom. The summed E-state index contributed by atoms with van der Waals surface area (Å²) < 4.78 is 0. The van der Waals surface area contributed by atoms with E-state index in [2.05, 4.69) is 13.8 Å². The number of benzene rings is 1. The summed E-state index contributed by atoms with van der Waals surface area (Å²) in [6.45, 7) is 4.31. The van der Waals surface area contributed by atoms with Gasteiger partial charge in [0, 0.05) is 17.7 Å². The van der Waals surface area contributed by atoms with Crippen LogP contribution in [0.3, 0.4) is 0 Å². The van der Waals surface area contributed by atoms with Gasteiger partial charge in [0.2, 0.25) is 0 Å². The number of halogens is 1. The van der Waals surface area contributed by atoms with E-state index in [1.165, 1.54) is 12.8 Å². The molecule has 2 nitrogen and oxygen atoms in total. The molecule has 0 spiro atoms. The van der Waals surface area contributed by atoms with Crippen LogP contribution in [-0.4, -0.2) is 5.78 Å². The fourth-order valence-corrected chi connectivity index (χ4v) is 2.37. The van der Waals surface area contributed by atoms with Crippen LogP contribution in [0.4, 0.5) is 5.69 Å². The number of hydrogen-bond acceptors (Lipinski definition) is 2. The highest BCUT2D eigenvalue weighted by Gasteiger charge is 2.15.